The van der Waals surface area contributed by atoms with Crippen LogP contribution in [0.1, 0.15) is 0 Å². The first kappa shape index (κ1) is 14.4. The number of oxazole rings is 1. The van der Waals surface area contributed by atoms with Crippen molar-refractivity contribution >= 4 is 17.7 Å². The summed E-state index contributed by atoms with van der Waals surface area (Å²) >= 11 is 1.01. The number of hydrogen-bond donors (Lipinski definition) is 0. The van der Waals surface area contributed by atoms with Gasteiger partial charge in [0.05, 0.1) is 5.97 Å². The largest absolute Gasteiger partial charge is 0.549 e. The zero-order valence-electron chi connectivity index (χ0n) is 11.6. The van der Waals surface area contributed by atoms with Crippen molar-refractivity contribution in [3.63, 3.8) is 0 Å². The second-order valence-corrected chi connectivity index (χ2v) is 5.48. The summed E-state index contributed by atoms with van der Waals surface area (Å²) in [5.41, 5.74) is 2.52. The maximum absolute atomic E-state index is 10.6. The van der Waals surface area contributed by atoms with Gasteiger partial charge in [0.15, 0.2) is 5.76 Å². The highest BCUT2D eigenvalue weighted by atomic mass is 32.2. The Bertz CT molecular complexity index is 712. The van der Waals surface area contributed by atoms with E-state index in [2.05, 4.69) is 4.98 Å². The summed E-state index contributed by atoms with van der Waals surface area (Å²) in [4.78, 5) is 15.0. The number of hydrogen-bond acceptors (Lipinski definition) is 5. The van der Waals surface area contributed by atoms with Crippen LogP contribution in [-0.2, 0) is 4.79 Å². The molecule has 1 aromatic heterocycles. The molecule has 0 fully saturated rings. The lowest BCUT2D eigenvalue weighted by molar-refractivity contribution is -0.301. The monoisotopic (exact) mass is 310 g/mol. The van der Waals surface area contributed by atoms with Gasteiger partial charge >= 0.3 is 0 Å². The molecule has 0 bridgehead atoms. The molecule has 0 radical (unpaired) electrons. The predicted octanol–water partition coefficient (Wildman–Crippen LogP) is 2.85. The Morgan fingerprint density at radius 3 is 2.18 bits per heavy atom. The second kappa shape index (κ2) is 6.49. The van der Waals surface area contributed by atoms with Gasteiger partial charge in [-0.1, -0.05) is 72.4 Å². The molecule has 22 heavy (non-hydrogen) atoms. The summed E-state index contributed by atoms with van der Waals surface area (Å²) in [5.74, 6) is -0.707. The summed E-state index contributed by atoms with van der Waals surface area (Å²) in [5, 5.41) is 10.9. The van der Waals surface area contributed by atoms with Crippen LogP contribution in [0.2, 0.25) is 0 Å². The van der Waals surface area contributed by atoms with E-state index in [1.165, 1.54) is 0 Å². The molecule has 1 heterocycles. The molecule has 0 saturated carbocycles. The molecule has 0 aliphatic rings. The van der Waals surface area contributed by atoms with Crippen molar-refractivity contribution in [2.45, 2.75) is 5.22 Å². The van der Waals surface area contributed by atoms with Crippen molar-refractivity contribution in [1.29, 1.82) is 0 Å². The van der Waals surface area contributed by atoms with Crippen molar-refractivity contribution in [2.75, 3.05) is 5.75 Å². The average Bonchev–Trinajstić information content (AvgIpc) is 2.99. The van der Waals surface area contributed by atoms with Gasteiger partial charge in [-0.05, 0) is 0 Å². The van der Waals surface area contributed by atoms with Gasteiger partial charge in [-0.3, -0.25) is 0 Å². The van der Waals surface area contributed by atoms with Crippen molar-refractivity contribution in [3.05, 3.63) is 60.7 Å². The number of carbonyl (C=O) groups excluding carboxylic acids is 1. The van der Waals surface area contributed by atoms with Gasteiger partial charge in [-0.15, -0.1) is 0 Å². The van der Waals surface area contributed by atoms with Crippen LogP contribution in [0.15, 0.2) is 70.3 Å². The highest BCUT2D eigenvalue weighted by molar-refractivity contribution is 7.99. The molecule has 0 atom stereocenters. The summed E-state index contributed by atoms with van der Waals surface area (Å²) in [7, 11) is 0. The second-order valence-electron chi connectivity index (χ2n) is 4.55. The number of thioether (sulfide) groups is 1. The Morgan fingerprint density at radius 1 is 1.00 bits per heavy atom. The van der Waals surface area contributed by atoms with E-state index in [1.807, 2.05) is 60.7 Å². The molecule has 3 aromatic rings. The van der Waals surface area contributed by atoms with Crippen LogP contribution in [0.25, 0.3) is 22.6 Å². The lowest BCUT2D eigenvalue weighted by Gasteiger charge is -2.00. The van der Waals surface area contributed by atoms with E-state index in [1.54, 1.807) is 0 Å². The molecule has 110 valence electrons. The van der Waals surface area contributed by atoms with Crippen LogP contribution in [0.3, 0.4) is 0 Å². The van der Waals surface area contributed by atoms with Crippen LogP contribution in [0, 0.1) is 0 Å². The third-order valence-corrected chi connectivity index (χ3v) is 3.81. The van der Waals surface area contributed by atoms with Crippen molar-refractivity contribution < 1.29 is 14.3 Å². The Morgan fingerprint density at radius 2 is 1.59 bits per heavy atom. The van der Waals surface area contributed by atoms with E-state index >= 15 is 0 Å². The molecule has 3 rings (SSSR count). The molecule has 0 saturated heterocycles. The highest BCUT2D eigenvalue weighted by Crippen LogP contribution is 2.35. The van der Waals surface area contributed by atoms with Crippen LogP contribution in [0.5, 0.6) is 0 Å². The maximum atomic E-state index is 10.6. The van der Waals surface area contributed by atoms with Crippen molar-refractivity contribution in [3.8, 4) is 22.6 Å². The maximum Gasteiger partial charge on any atom is 0.257 e. The van der Waals surface area contributed by atoms with E-state index < -0.39 is 5.97 Å². The van der Waals surface area contributed by atoms with Crippen LogP contribution in [0.4, 0.5) is 0 Å². The van der Waals surface area contributed by atoms with Crippen molar-refractivity contribution in [2.24, 2.45) is 0 Å². The molecule has 0 aliphatic carbocycles. The summed E-state index contributed by atoms with van der Waals surface area (Å²) in [6.45, 7) is 0. The Kier molecular flexibility index (Phi) is 4.25. The fraction of sp³-hybridized carbons (Fsp3) is 0.0588. The number of aromatic nitrogens is 1. The van der Waals surface area contributed by atoms with Gasteiger partial charge in [-0.2, -0.15) is 0 Å². The van der Waals surface area contributed by atoms with E-state index in [-0.39, 0.29) is 5.75 Å². The molecular formula is C17H12NO3S-. The van der Waals surface area contributed by atoms with Crippen LogP contribution < -0.4 is 5.11 Å². The number of carbonyl (C=O) groups is 1. The summed E-state index contributed by atoms with van der Waals surface area (Å²) in [6, 6.07) is 19.3. The number of nitrogens with zero attached hydrogens (tertiary/aromatic N) is 1. The van der Waals surface area contributed by atoms with Crippen LogP contribution >= 0.6 is 11.8 Å². The molecule has 0 unspecified atom stereocenters. The third kappa shape index (κ3) is 3.20. The normalized spacial score (nSPS) is 10.5. The minimum absolute atomic E-state index is 0.191. The molecular weight excluding hydrogens is 298 g/mol. The third-order valence-electron chi connectivity index (χ3n) is 3.00. The first-order chi connectivity index (χ1) is 10.7. The Balaban J connectivity index is 2.04. The fourth-order valence-corrected chi connectivity index (χ4v) is 2.60. The van der Waals surface area contributed by atoms with Gasteiger partial charge in [0.25, 0.3) is 5.22 Å². The molecule has 0 spiro atoms. The Labute approximate surface area is 131 Å². The van der Waals surface area contributed by atoms with Gasteiger partial charge < -0.3 is 14.3 Å². The molecule has 2 aromatic carbocycles. The van der Waals surface area contributed by atoms with Gasteiger partial charge in [0, 0.05) is 16.9 Å². The van der Waals surface area contributed by atoms with E-state index in [0.29, 0.717) is 16.7 Å². The number of aliphatic carboxylic acids is 1. The Hall–Kier alpha value is -2.53. The lowest BCUT2D eigenvalue weighted by atomic mass is 10.1. The van der Waals surface area contributed by atoms with Gasteiger partial charge in [0.2, 0.25) is 0 Å². The number of carboxylic acids is 1. The van der Waals surface area contributed by atoms with Crippen LogP contribution in [-0.4, -0.2) is 16.7 Å². The first-order valence-electron chi connectivity index (χ1n) is 6.68. The summed E-state index contributed by atoms with van der Waals surface area (Å²) < 4.78 is 5.77. The smallest absolute Gasteiger partial charge is 0.257 e. The fourth-order valence-electron chi connectivity index (χ4n) is 2.06. The molecule has 0 N–H and O–H groups in total. The van der Waals surface area contributed by atoms with E-state index in [9.17, 15) is 9.90 Å². The first-order valence-corrected chi connectivity index (χ1v) is 7.67. The molecule has 0 aliphatic heterocycles. The number of rotatable bonds is 5. The quantitative estimate of drug-likeness (QED) is 0.678. The topological polar surface area (TPSA) is 66.2 Å². The zero-order valence-corrected chi connectivity index (χ0v) is 12.4. The standard InChI is InChI=1S/C17H13NO3S/c19-14(20)11-22-17-18-15(12-7-3-1-4-8-12)16(21-17)13-9-5-2-6-10-13/h1-10H,11H2,(H,19,20)/p-1. The van der Waals surface area contributed by atoms with Gasteiger partial charge in [0.1, 0.15) is 5.69 Å². The zero-order chi connectivity index (χ0) is 15.4. The minimum Gasteiger partial charge on any atom is -0.549 e. The minimum atomic E-state index is -1.15. The lowest BCUT2D eigenvalue weighted by Crippen LogP contribution is -2.24. The van der Waals surface area contributed by atoms with E-state index in [0.717, 1.165) is 22.9 Å². The van der Waals surface area contributed by atoms with Gasteiger partial charge in [-0.25, -0.2) is 4.98 Å². The highest BCUT2D eigenvalue weighted by Gasteiger charge is 2.16. The van der Waals surface area contributed by atoms with Crippen molar-refractivity contribution in [1.82, 2.24) is 4.98 Å². The number of carboxylic acid groups (broad SMARTS) is 1. The summed E-state index contributed by atoms with van der Waals surface area (Å²) in [6.07, 6.45) is 0. The predicted molar refractivity (Wildman–Crippen MR) is 83.1 cm³/mol. The average molecular weight is 310 g/mol. The van der Waals surface area contributed by atoms with E-state index in [4.69, 9.17) is 4.42 Å². The SMILES string of the molecule is O=C([O-])CSc1nc(-c2ccccc2)c(-c2ccccc2)o1. The molecule has 4 nitrogen and oxygen atoms in total. The number of benzene rings is 2. The molecule has 0 amide bonds. The molecule has 5 heteroatoms.